The van der Waals surface area contributed by atoms with Crippen molar-refractivity contribution in [1.82, 2.24) is 14.5 Å². The van der Waals surface area contributed by atoms with E-state index in [1.807, 2.05) is 0 Å². The Balaban J connectivity index is 1.58. The van der Waals surface area contributed by atoms with Crippen LogP contribution in [0.15, 0.2) is 41.2 Å². The molecule has 1 aromatic carbocycles. The molecule has 0 atom stereocenters. The van der Waals surface area contributed by atoms with E-state index in [2.05, 4.69) is 64.0 Å². The number of pyridine rings is 2. The Bertz CT molecular complexity index is 1240. The first-order valence-corrected chi connectivity index (χ1v) is 11.2. The summed E-state index contributed by atoms with van der Waals surface area (Å²) in [5, 5.41) is 10.1. The molecule has 0 amide bonds. The highest BCUT2D eigenvalue weighted by Gasteiger charge is 2.25. The van der Waals surface area contributed by atoms with Gasteiger partial charge in [0, 0.05) is 59.1 Å². The number of nitriles is 1. The number of rotatable bonds is 5. The van der Waals surface area contributed by atoms with Crippen molar-refractivity contribution >= 4 is 34.0 Å². The van der Waals surface area contributed by atoms with Gasteiger partial charge in [0.05, 0.1) is 11.2 Å². The topological polar surface area (TPSA) is 68.4 Å². The van der Waals surface area contributed by atoms with E-state index in [9.17, 15) is 10.1 Å². The van der Waals surface area contributed by atoms with Crippen molar-refractivity contribution in [3.63, 3.8) is 0 Å². The van der Waals surface area contributed by atoms with E-state index in [0.29, 0.717) is 35.0 Å². The number of nitrogens with zero attached hydrogens (tertiary/aromatic N) is 6. The lowest BCUT2D eigenvalue weighted by molar-refractivity contribution is 0.250. The fourth-order valence-electron chi connectivity index (χ4n) is 4.24. The average molecular weight is 451 g/mol. The number of fused-ring (bicyclic) bond motifs is 1. The van der Waals surface area contributed by atoms with Crippen molar-refractivity contribution in [3.8, 4) is 6.07 Å². The second kappa shape index (κ2) is 9.19. The molecule has 0 aliphatic carbocycles. The first-order valence-electron chi connectivity index (χ1n) is 10.8. The quantitative estimate of drug-likeness (QED) is 0.556. The first kappa shape index (κ1) is 22.1. The van der Waals surface area contributed by atoms with E-state index in [4.69, 9.17) is 11.6 Å². The molecule has 3 aromatic rings. The predicted molar refractivity (Wildman–Crippen MR) is 130 cm³/mol. The van der Waals surface area contributed by atoms with Crippen LogP contribution in [-0.2, 0) is 13.6 Å². The van der Waals surface area contributed by atoms with Gasteiger partial charge in [-0.3, -0.25) is 9.69 Å². The number of piperazine rings is 1. The molecule has 0 radical (unpaired) electrons. The summed E-state index contributed by atoms with van der Waals surface area (Å²) in [5.74, 6) is 0. The van der Waals surface area contributed by atoms with Gasteiger partial charge in [-0.2, -0.15) is 5.26 Å². The zero-order chi connectivity index (χ0) is 22.8. The van der Waals surface area contributed by atoms with Crippen LogP contribution in [0.3, 0.4) is 0 Å². The largest absolute Gasteiger partial charge is 0.375 e. The van der Waals surface area contributed by atoms with Crippen LogP contribution >= 0.6 is 11.6 Å². The van der Waals surface area contributed by atoms with Crippen molar-refractivity contribution in [1.29, 1.82) is 5.26 Å². The number of aryl methyl sites for hydroxylation is 1. The number of aromatic nitrogens is 2. The van der Waals surface area contributed by atoms with Crippen molar-refractivity contribution in [3.05, 3.63) is 63.0 Å². The monoisotopic (exact) mass is 450 g/mol. The maximum absolute atomic E-state index is 12.8. The van der Waals surface area contributed by atoms with E-state index >= 15 is 0 Å². The van der Waals surface area contributed by atoms with Crippen LogP contribution in [0.25, 0.3) is 11.0 Å². The third kappa shape index (κ3) is 4.16. The Labute approximate surface area is 193 Å². The van der Waals surface area contributed by atoms with Crippen molar-refractivity contribution in [2.24, 2.45) is 7.05 Å². The van der Waals surface area contributed by atoms with E-state index in [0.717, 1.165) is 26.2 Å². The van der Waals surface area contributed by atoms with Gasteiger partial charge in [-0.25, -0.2) is 4.98 Å². The summed E-state index contributed by atoms with van der Waals surface area (Å²) in [5.41, 5.74) is 4.18. The third-order valence-corrected chi connectivity index (χ3v) is 6.42. The highest BCUT2D eigenvalue weighted by Crippen LogP contribution is 2.29. The van der Waals surface area contributed by atoms with Crippen LogP contribution in [0, 0.1) is 11.3 Å². The standard InChI is InChI=1S/C24H27ClN6O/c1-4-28(2)18-7-5-6-17(14-18)16-30-10-12-31(13-11-30)23-19(15-26)24(32)29(3)20-8-9-21(25)27-22(20)23/h5-9,14H,4,10-13,16H2,1-3H3. The normalized spacial score (nSPS) is 14.5. The maximum Gasteiger partial charge on any atom is 0.270 e. The van der Waals surface area contributed by atoms with Crippen molar-refractivity contribution in [2.75, 3.05) is 49.6 Å². The molecule has 0 bridgehead atoms. The second-order valence-electron chi connectivity index (χ2n) is 8.15. The van der Waals surface area contributed by atoms with Crippen molar-refractivity contribution in [2.45, 2.75) is 13.5 Å². The molecule has 4 rings (SSSR count). The van der Waals surface area contributed by atoms with Gasteiger partial charge in [0.25, 0.3) is 5.56 Å². The average Bonchev–Trinajstić information content (AvgIpc) is 2.81. The van der Waals surface area contributed by atoms with E-state index in [1.165, 1.54) is 15.8 Å². The smallest absolute Gasteiger partial charge is 0.270 e. The SMILES string of the molecule is CCN(C)c1cccc(CN2CCN(c3c(C#N)c(=O)n(C)c4ccc(Cl)nc34)CC2)c1. The zero-order valence-electron chi connectivity index (χ0n) is 18.7. The van der Waals surface area contributed by atoms with Gasteiger partial charge in [-0.05, 0) is 36.8 Å². The molecule has 32 heavy (non-hydrogen) atoms. The molecule has 7 nitrogen and oxygen atoms in total. The van der Waals surface area contributed by atoms with Gasteiger partial charge < -0.3 is 14.4 Å². The van der Waals surface area contributed by atoms with Crippen LogP contribution in [0.2, 0.25) is 5.15 Å². The molecule has 166 valence electrons. The fraction of sp³-hybridized carbons (Fsp3) is 0.375. The molecular formula is C24H27ClN6O. The van der Waals surface area contributed by atoms with Gasteiger partial charge >= 0.3 is 0 Å². The number of hydrogen-bond donors (Lipinski definition) is 0. The lowest BCUT2D eigenvalue weighted by atomic mass is 10.1. The van der Waals surface area contributed by atoms with Crippen molar-refractivity contribution < 1.29 is 0 Å². The highest BCUT2D eigenvalue weighted by atomic mass is 35.5. The lowest BCUT2D eigenvalue weighted by Gasteiger charge is -2.36. The Morgan fingerprint density at radius 3 is 2.62 bits per heavy atom. The number of hydrogen-bond acceptors (Lipinski definition) is 6. The van der Waals surface area contributed by atoms with Crippen LogP contribution < -0.4 is 15.4 Å². The molecule has 8 heteroatoms. The molecule has 1 saturated heterocycles. The number of anilines is 2. The minimum absolute atomic E-state index is 0.124. The Hall–Kier alpha value is -3.08. The van der Waals surface area contributed by atoms with Crippen LogP contribution in [0.4, 0.5) is 11.4 Å². The van der Waals surface area contributed by atoms with Crippen LogP contribution in [0.1, 0.15) is 18.1 Å². The molecule has 3 heterocycles. The Kier molecular flexibility index (Phi) is 6.35. The molecule has 1 aliphatic rings. The summed E-state index contributed by atoms with van der Waals surface area (Å²) in [6, 6.07) is 14.2. The van der Waals surface area contributed by atoms with E-state index in [-0.39, 0.29) is 11.1 Å². The molecule has 1 aliphatic heterocycles. The maximum atomic E-state index is 12.8. The van der Waals surface area contributed by atoms with Crippen LogP contribution in [0.5, 0.6) is 0 Å². The summed E-state index contributed by atoms with van der Waals surface area (Å²) in [6.07, 6.45) is 0. The third-order valence-electron chi connectivity index (χ3n) is 6.21. The summed E-state index contributed by atoms with van der Waals surface area (Å²) >= 11 is 6.16. The highest BCUT2D eigenvalue weighted by molar-refractivity contribution is 6.29. The van der Waals surface area contributed by atoms with E-state index < -0.39 is 0 Å². The minimum atomic E-state index is -0.307. The molecule has 1 fully saturated rings. The second-order valence-corrected chi connectivity index (χ2v) is 8.54. The Morgan fingerprint density at radius 2 is 1.94 bits per heavy atom. The summed E-state index contributed by atoms with van der Waals surface area (Å²) in [6.45, 7) is 7.05. The molecule has 0 spiro atoms. The van der Waals surface area contributed by atoms with Gasteiger partial charge in [-0.15, -0.1) is 0 Å². The van der Waals surface area contributed by atoms with Gasteiger partial charge in [0.1, 0.15) is 22.3 Å². The molecular weight excluding hydrogens is 424 g/mol. The summed E-state index contributed by atoms with van der Waals surface area (Å²) in [4.78, 5) is 24.0. The predicted octanol–water partition coefficient (Wildman–Crippen LogP) is 3.24. The minimum Gasteiger partial charge on any atom is -0.375 e. The lowest BCUT2D eigenvalue weighted by Crippen LogP contribution is -2.47. The zero-order valence-corrected chi connectivity index (χ0v) is 19.4. The fourth-order valence-corrected chi connectivity index (χ4v) is 4.39. The Morgan fingerprint density at radius 1 is 1.19 bits per heavy atom. The molecule has 0 N–H and O–H groups in total. The van der Waals surface area contributed by atoms with Gasteiger partial charge in [0.2, 0.25) is 0 Å². The number of halogens is 1. The first-order chi connectivity index (χ1) is 15.4. The van der Waals surface area contributed by atoms with Gasteiger partial charge in [-0.1, -0.05) is 23.7 Å². The summed E-state index contributed by atoms with van der Waals surface area (Å²) < 4.78 is 1.47. The molecule has 0 saturated carbocycles. The number of benzene rings is 1. The molecule has 0 unspecified atom stereocenters. The van der Waals surface area contributed by atoms with Crippen LogP contribution in [-0.4, -0.2) is 54.2 Å². The van der Waals surface area contributed by atoms with E-state index in [1.54, 1.807) is 19.2 Å². The summed E-state index contributed by atoms with van der Waals surface area (Å²) in [7, 11) is 3.76. The van der Waals surface area contributed by atoms with Gasteiger partial charge in [0.15, 0.2) is 0 Å². The molecule has 2 aromatic heterocycles.